The van der Waals surface area contributed by atoms with Gasteiger partial charge in [-0.05, 0) is 31.4 Å². The Morgan fingerprint density at radius 1 is 1.25 bits per heavy atom. The maximum atomic E-state index is 12.0. The molecule has 0 aliphatic rings. The zero-order valence-electron chi connectivity index (χ0n) is 11.1. The Balaban J connectivity index is 2.03. The van der Waals surface area contributed by atoms with Crippen LogP contribution < -0.4 is 5.32 Å². The maximum Gasteiger partial charge on any atom is 0.269 e. The Morgan fingerprint density at radius 3 is 2.85 bits per heavy atom. The van der Waals surface area contributed by atoms with Gasteiger partial charge >= 0.3 is 0 Å². The largest absolute Gasteiger partial charge is 0.396 e. The number of unbranched alkanes of at least 4 members (excludes halogenated alkanes) is 2. The molecule has 2 N–H and O–H groups in total. The van der Waals surface area contributed by atoms with Gasteiger partial charge in [-0.3, -0.25) is 4.79 Å². The molecule has 0 saturated carbocycles. The SMILES string of the molecule is O=C(NCCCCCO)c1cc(Cl)c2ccccc2n1. The van der Waals surface area contributed by atoms with Crippen molar-refractivity contribution < 1.29 is 9.90 Å². The Morgan fingerprint density at radius 2 is 2.05 bits per heavy atom. The highest BCUT2D eigenvalue weighted by molar-refractivity contribution is 6.35. The summed E-state index contributed by atoms with van der Waals surface area (Å²) in [4.78, 5) is 16.3. The molecule has 2 aromatic rings. The van der Waals surface area contributed by atoms with E-state index >= 15 is 0 Å². The van der Waals surface area contributed by atoms with Crippen LogP contribution in [0.3, 0.4) is 0 Å². The molecule has 0 aliphatic carbocycles. The predicted molar refractivity (Wildman–Crippen MR) is 80.0 cm³/mol. The molecule has 0 bridgehead atoms. The molecule has 0 fully saturated rings. The van der Waals surface area contributed by atoms with Gasteiger partial charge in [0.2, 0.25) is 0 Å². The van der Waals surface area contributed by atoms with Gasteiger partial charge in [0.25, 0.3) is 5.91 Å². The third kappa shape index (κ3) is 3.68. The van der Waals surface area contributed by atoms with E-state index in [9.17, 15) is 4.79 Å². The highest BCUT2D eigenvalue weighted by atomic mass is 35.5. The fourth-order valence-corrected chi connectivity index (χ4v) is 2.22. The molecule has 20 heavy (non-hydrogen) atoms. The van der Waals surface area contributed by atoms with Crippen molar-refractivity contribution in [3.05, 3.63) is 41.0 Å². The highest BCUT2D eigenvalue weighted by Gasteiger charge is 2.10. The van der Waals surface area contributed by atoms with Crippen molar-refractivity contribution in [1.82, 2.24) is 10.3 Å². The van der Waals surface area contributed by atoms with Gasteiger partial charge in [0.1, 0.15) is 5.69 Å². The van der Waals surface area contributed by atoms with E-state index in [2.05, 4.69) is 10.3 Å². The summed E-state index contributed by atoms with van der Waals surface area (Å²) in [5.41, 5.74) is 1.04. The molecule has 0 spiro atoms. The Labute approximate surface area is 122 Å². The van der Waals surface area contributed by atoms with Gasteiger partial charge in [-0.25, -0.2) is 4.98 Å². The van der Waals surface area contributed by atoms with Crippen LogP contribution in [0.2, 0.25) is 5.02 Å². The van der Waals surface area contributed by atoms with Crippen molar-refractivity contribution in [3.63, 3.8) is 0 Å². The fourth-order valence-electron chi connectivity index (χ4n) is 1.96. The summed E-state index contributed by atoms with van der Waals surface area (Å²) in [6, 6.07) is 9.05. The first-order valence-electron chi connectivity index (χ1n) is 6.66. The van der Waals surface area contributed by atoms with E-state index in [0.29, 0.717) is 22.8 Å². The summed E-state index contributed by atoms with van der Waals surface area (Å²) in [7, 11) is 0. The first kappa shape index (κ1) is 14.8. The van der Waals surface area contributed by atoms with Crippen LogP contribution in [0.5, 0.6) is 0 Å². The van der Waals surface area contributed by atoms with Crippen molar-refractivity contribution in [2.75, 3.05) is 13.2 Å². The fraction of sp³-hybridized carbons (Fsp3) is 0.333. The predicted octanol–water partition coefficient (Wildman–Crippen LogP) is 2.78. The number of aliphatic hydroxyl groups excluding tert-OH is 1. The van der Waals surface area contributed by atoms with E-state index in [4.69, 9.17) is 16.7 Å². The van der Waals surface area contributed by atoms with E-state index in [1.807, 2.05) is 24.3 Å². The number of benzene rings is 1. The number of pyridine rings is 1. The van der Waals surface area contributed by atoms with Crippen LogP contribution in [-0.4, -0.2) is 29.1 Å². The first-order valence-corrected chi connectivity index (χ1v) is 7.04. The molecule has 1 aromatic heterocycles. The topological polar surface area (TPSA) is 62.2 Å². The lowest BCUT2D eigenvalue weighted by atomic mass is 10.2. The zero-order chi connectivity index (χ0) is 14.4. The van der Waals surface area contributed by atoms with Gasteiger partial charge < -0.3 is 10.4 Å². The number of amides is 1. The smallest absolute Gasteiger partial charge is 0.269 e. The number of carbonyl (C=O) groups excluding carboxylic acids is 1. The standard InChI is InChI=1S/C15H17ClN2O2/c16-12-10-14(15(20)17-8-4-1-5-9-19)18-13-7-3-2-6-11(12)13/h2-3,6-7,10,19H,1,4-5,8-9H2,(H,17,20). The Kier molecular flexibility index (Phi) is 5.32. The lowest BCUT2D eigenvalue weighted by Crippen LogP contribution is -2.25. The van der Waals surface area contributed by atoms with Crippen LogP contribution in [0, 0.1) is 0 Å². The number of aliphatic hydroxyl groups is 1. The van der Waals surface area contributed by atoms with Crippen molar-refractivity contribution in [3.8, 4) is 0 Å². The summed E-state index contributed by atoms with van der Waals surface area (Å²) in [6.07, 6.45) is 2.49. The van der Waals surface area contributed by atoms with Crippen LogP contribution in [-0.2, 0) is 0 Å². The number of fused-ring (bicyclic) bond motifs is 1. The molecule has 106 valence electrons. The van der Waals surface area contributed by atoms with E-state index in [1.165, 1.54) is 0 Å². The molecule has 2 rings (SSSR count). The lowest BCUT2D eigenvalue weighted by Gasteiger charge is -2.06. The normalized spacial score (nSPS) is 10.7. The number of hydrogen-bond acceptors (Lipinski definition) is 3. The highest BCUT2D eigenvalue weighted by Crippen LogP contribution is 2.22. The molecule has 1 heterocycles. The van der Waals surface area contributed by atoms with Crippen molar-refractivity contribution in [1.29, 1.82) is 0 Å². The third-order valence-electron chi connectivity index (χ3n) is 3.02. The molecule has 0 radical (unpaired) electrons. The number of hydrogen-bond donors (Lipinski definition) is 2. The van der Waals surface area contributed by atoms with Crippen LogP contribution in [0.1, 0.15) is 29.8 Å². The van der Waals surface area contributed by atoms with Gasteiger partial charge in [-0.15, -0.1) is 0 Å². The minimum absolute atomic E-state index is 0.190. The van der Waals surface area contributed by atoms with E-state index < -0.39 is 0 Å². The quantitative estimate of drug-likeness (QED) is 0.805. The molecule has 1 amide bonds. The first-order chi connectivity index (χ1) is 9.72. The number of para-hydroxylation sites is 1. The van der Waals surface area contributed by atoms with E-state index in [-0.39, 0.29) is 12.5 Å². The van der Waals surface area contributed by atoms with Crippen molar-refractivity contribution in [2.45, 2.75) is 19.3 Å². The van der Waals surface area contributed by atoms with Gasteiger partial charge in [0, 0.05) is 18.5 Å². The number of aromatic nitrogens is 1. The van der Waals surface area contributed by atoms with Crippen LogP contribution in [0.15, 0.2) is 30.3 Å². The van der Waals surface area contributed by atoms with Crippen molar-refractivity contribution in [2.24, 2.45) is 0 Å². The van der Waals surface area contributed by atoms with Crippen molar-refractivity contribution >= 4 is 28.4 Å². The number of nitrogens with zero attached hydrogens (tertiary/aromatic N) is 1. The van der Waals surface area contributed by atoms with E-state index in [0.717, 1.165) is 24.6 Å². The molecular formula is C15H17ClN2O2. The summed E-state index contributed by atoms with van der Waals surface area (Å²) in [6.45, 7) is 0.765. The number of halogens is 1. The maximum absolute atomic E-state index is 12.0. The molecular weight excluding hydrogens is 276 g/mol. The Bertz CT molecular complexity index is 601. The number of carbonyl (C=O) groups is 1. The van der Waals surface area contributed by atoms with Gasteiger partial charge in [0.15, 0.2) is 0 Å². The molecule has 5 heteroatoms. The lowest BCUT2D eigenvalue weighted by molar-refractivity contribution is 0.0948. The van der Waals surface area contributed by atoms with Gasteiger partial charge in [-0.2, -0.15) is 0 Å². The third-order valence-corrected chi connectivity index (χ3v) is 3.33. The average Bonchev–Trinajstić information content (AvgIpc) is 2.47. The van der Waals surface area contributed by atoms with Crippen LogP contribution in [0.25, 0.3) is 10.9 Å². The molecule has 1 aromatic carbocycles. The minimum Gasteiger partial charge on any atom is -0.396 e. The molecule has 0 unspecified atom stereocenters. The molecule has 0 saturated heterocycles. The average molecular weight is 293 g/mol. The van der Waals surface area contributed by atoms with Crippen LogP contribution >= 0.6 is 11.6 Å². The number of rotatable bonds is 6. The van der Waals surface area contributed by atoms with Crippen LogP contribution in [0.4, 0.5) is 0 Å². The molecule has 0 aliphatic heterocycles. The molecule has 4 nitrogen and oxygen atoms in total. The second-order valence-electron chi connectivity index (χ2n) is 4.55. The molecule has 0 atom stereocenters. The summed E-state index contributed by atoms with van der Waals surface area (Å²) < 4.78 is 0. The van der Waals surface area contributed by atoms with E-state index in [1.54, 1.807) is 6.07 Å². The summed E-state index contributed by atoms with van der Waals surface area (Å²) in [5.74, 6) is -0.221. The zero-order valence-corrected chi connectivity index (χ0v) is 11.9. The summed E-state index contributed by atoms with van der Waals surface area (Å²) in [5, 5.41) is 12.9. The Hall–Kier alpha value is -1.65. The summed E-state index contributed by atoms with van der Waals surface area (Å²) >= 11 is 6.16. The second kappa shape index (κ2) is 7.22. The monoisotopic (exact) mass is 292 g/mol. The minimum atomic E-state index is -0.221. The second-order valence-corrected chi connectivity index (χ2v) is 4.95. The number of nitrogens with one attached hydrogen (secondary N) is 1. The van der Waals surface area contributed by atoms with Gasteiger partial charge in [0.05, 0.1) is 10.5 Å². The van der Waals surface area contributed by atoms with Gasteiger partial charge in [-0.1, -0.05) is 29.8 Å².